The van der Waals surface area contributed by atoms with Gasteiger partial charge in [-0.15, -0.1) is 0 Å². The zero-order valence-electron chi connectivity index (χ0n) is 14.9. The van der Waals surface area contributed by atoms with Crippen molar-refractivity contribution in [3.05, 3.63) is 30.4 Å². The van der Waals surface area contributed by atoms with Crippen molar-refractivity contribution in [3.63, 3.8) is 0 Å². The van der Waals surface area contributed by atoms with Crippen molar-refractivity contribution in [2.45, 2.75) is 37.7 Å². The summed E-state index contributed by atoms with van der Waals surface area (Å²) in [6.45, 7) is 1.78. The second kappa shape index (κ2) is 7.34. The highest BCUT2D eigenvalue weighted by Gasteiger charge is 2.41. The molecule has 2 aromatic rings. The molecule has 0 bridgehead atoms. The number of likely N-dealkylation sites (tertiary alicyclic amines) is 1. The van der Waals surface area contributed by atoms with Crippen molar-refractivity contribution >= 4 is 12.0 Å². The minimum absolute atomic E-state index is 0.0491. The van der Waals surface area contributed by atoms with E-state index in [9.17, 15) is 9.59 Å². The van der Waals surface area contributed by atoms with E-state index in [4.69, 9.17) is 9.26 Å². The predicted octanol–water partition coefficient (Wildman–Crippen LogP) is 1.56. The lowest BCUT2D eigenvalue weighted by Gasteiger charge is -2.24. The Hall–Kier alpha value is -2.97. The topological polar surface area (TPSA) is 110 Å². The van der Waals surface area contributed by atoms with Gasteiger partial charge in [0.05, 0.1) is 6.54 Å². The molecule has 0 aliphatic carbocycles. The fourth-order valence-corrected chi connectivity index (χ4v) is 3.54. The Bertz CT molecular complexity index is 824. The van der Waals surface area contributed by atoms with Crippen molar-refractivity contribution in [1.29, 1.82) is 0 Å². The molecule has 0 aromatic carbocycles. The first kappa shape index (κ1) is 17.4. The summed E-state index contributed by atoms with van der Waals surface area (Å²) >= 11 is 0. The van der Waals surface area contributed by atoms with Crippen molar-refractivity contribution in [2.75, 3.05) is 19.6 Å². The quantitative estimate of drug-likeness (QED) is 0.868. The van der Waals surface area contributed by atoms with Gasteiger partial charge >= 0.3 is 6.09 Å². The highest BCUT2D eigenvalue weighted by Crippen LogP contribution is 2.29. The molecule has 4 rings (SSSR count). The number of ether oxygens (including phenoxy) is 1. The third-order valence-corrected chi connectivity index (χ3v) is 5.07. The number of hydrogen-bond acceptors (Lipinski definition) is 7. The number of nitrogens with one attached hydrogen (secondary N) is 1. The molecule has 4 heterocycles. The molecule has 2 fully saturated rings. The van der Waals surface area contributed by atoms with Gasteiger partial charge in [0.2, 0.25) is 17.6 Å². The first-order chi connectivity index (χ1) is 13.1. The number of aryl methyl sites for hydroxylation is 1. The summed E-state index contributed by atoms with van der Waals surface area (Å²) in [4.78, 5) is 34.1. The molecule has 27 heavy (non-hydrogen) atoms. The van der Waals surface area contributed by atoms with Crippen LogP contribution in [0.3, 0.4) is 0 Å². The minimum atomic E-state index is -0.460. The van der Waals surface area contributed by atoms with Crippen molar-refractivity contribution in [1.82, 2.24) is 25.3 Å². The van der Waals surface area contributed by atoms with Crippen molar-refractivity contribution in [3.8, 4) is 11.4 Å². The number of rotatable bonds is 4. The fraction of sp³-hybridized carbons (Fsp3) is 0.500. The normalized spacial score (nSPS) is 22.4. The van der Waals surface area contributed by atoms with E-state index in [1.54, 1.807) is 24.5 Å². The first-order valence-corrected chi connectivity index (χ1v) is 9.11. The van der Waals surface area contributed by atoms with Crippen LogP contribution in [0.2, 0.25) is 0 Å². The highest BCUT2D eigenvalue weighted by atomic mass is 16.6. The molecule has 0 radical (unpaired) electrons. The Morgan fingerprint density at radius 1 is 1.26 bits per heavy atom. The summed E-state index contributed by atoms with van der Waals surface area (Å²) in [5.74, 6) is 0.982. The lowest BCUT2D eigenvalue weighted by Crippen LogP contribution is -2.36. The van der Waals surface area contributed by atoms with Crippen LogP contribution in [0.1, 0.15) is 31.6 Å². The molecule has 2 aliphatic rings. The van der Waals surface area contributed by atoms with Crippen LogP contribution in [-0.2, 0) is 16.0 Å². The van der Waals surface area contributed by atoms with E-state index >= 15 is 0 Å². The molecule has 1 N–H and O–H groups in total. The molecule has 9 heteroatoms. The molecular weight excluding hydrogens is 350 g/mol. The van der Waals surface area contributed by atoms with Gasteiger partial charge in [-0.05, 0) is 25.0 Å². The smallest absolute Gasteiger partial charge is 0.407 e. The van der Waals surface area contributed by atoms with E-state index in [-0.39, 0.29) is 12.0 Å². The van der Waals surface area contributed by atoms with Gasteiger partial charge in [-0.2, -0.15) is 4.98 Å². The Morgan fingerprint density at radius 3 is 2.89 bits per heavy atom. The van der Waals surface area contributed by atoms with Gasteiger partial charge in [0.15, 0.2) is 0 Å². The largest absolute Gasteiger partial charge is 0.441 e. The fourth-order valence-electron chi connectivity index (χ4n) is 3.54. The summed E-state index contributed by atoms with van der Waals surface area (Å²) in [5, 5.41) is 6.67. The number of alkyl carbamates (subject to hydrolysis) is 1. The van der Waals surface area contributed by atoms with Gasteiger partial charge in [-0.25, -0.2) is 4.79 Å². The zero-order valence-corrected chi connectivity index (χ0v) is 14.9. The summed E-state index contributed by atoms with van der Waals surface area (Å²) in [6.07, 6.45) is 5.91. The van der Waals surface area contributed by atoms with Gasteiger partial charge in [0, 0.05) is 50.3 Å². The summed E-state index contributed by atoms with van der Waals surface area (Å²) < 4.78 is 10.7. The monoisotopic (exact) mass is 371 g/mol. The van der Waals surface area contributed by atoms with Gasteiger partial charge in [-0.1, -0.05) is 5.16 Å². The molecular formula is C18H21N5O4. The van der Waals surface area contributed by atoms with Crippen LogP contribution in [0, 0.1) is 0 Å². The number of nitrogens with zero attached hydrogens (tertiary/aromatic N) is 4. The average Bonchev–Trinajstić information content (AvgIpc) is 3.24. The van der Waals surface area contributed by atoms with Gasteiger partial charge in [-0.3, -0.25) is 9.78 Å². The van der Waals surface area contributed by atoms with Crippen LogP contribution in [0.25, 0.3) is 11.4 Å². The van der Waals surface area contributed by atoms with Crippen LogP contribution in [0.5, 0.6) is 0 Å². The molecule has 0 unspecified atom stereocenters. The molecule has 142 valence electrons. The molecule has 9 nitrogen and oxygen atoms in total. The lowest BCUT2D eigenvalue weighted by molar-refractivity contribution is -0.131. The Labute approximate surface area is 156 Å². The third-order valence-electron chi connectivity index (χ3n) is 5.07. The van der Waals surface area contributed by atoms with Gasteiger partial charge in [0.25, 0.3) is 0 Å². The van der Waals surface area contributed by atoms with Crippen molar-refractivity contribution < 1.29 is 18.8 Å². The maximum absolute atomic E-state index is 12.6. The van der Waals surface area contributed by atoms with Crippen LogP contribution >= 0.6 is 0 Å². The van der Waals surface area contributed by atoms with Gasteiger partial charge < -0.3 is 19.5 Å². The number of aromatic nitrogens is 3. The van der Waals surface area contributed by atoms with E-state index in [0.717, 1.165) is 18.4 Å². The molecule has 2 amide bonds. The Balaban J connectivity index is 1.31. The summed E-state index contributed by atoms with van der Waals surface area (Å²) in [7, 11) is 0. The van der Waals surface area contributed by atoms with Crippen LogP contribution in [0.4, 0.5) is 4.79 Å². The molecule has 1 spiro atoms. The number of carbonyl (C=O) groups is 2. The van der Waals surface area contributed by atoms with Crippen LogP contribution < -0.4 is 5.32 Å². The number of carbonyl (C=O) groups excluding carboxylic acids is 2. The first-order valence-electron chi connectivity index (χ1n) is 9.11. The SMILES string of the molecule is O=C1NC[C@]2(CCCN(C(=O)CCc3nc(-c4ccncc4)no3)CC2)O1. The Morgan fingerprint density at radius 2 is 2.11 bits per heavy atom. The van der Waals surface area contributed by atoms with E-state index in [1.165, 1.54) is 0 Å². The maximum Gasteiger partial charge on any atom is 0.407 e. The number of amides is 2. The molecule has 1 atom stereocenters. The maximum atomic E-state index is 12.6. The number of pyridine rings is 1. The highest BCUT2D eigenvalue weighted by molar-refractivity contribution is 5.76. The second-order valence-corrected chi connectivity index (χ2v) is 6.91. The van der Waals surface area contributed by atoms with Gasteiger partial charge in [0.1, 0.15) is 5.60 Å². The van der Waals surface area contributed by atoms with Crippen LogP contribution in [0.15, 0.2) is 29.0 Å². The second-order valence-electron chi connectivity index (χ2n) is 6.91. The van der Waals surface area contributed by atoms with Crippen molar-refractivity contribution in [2.24, 2.45) is 0 Å². The van der Waals surface area contributed by atoms with E-state index in [1.807, 2.05) is 4.90 Å². The van der Waals surface area contributed by atoms with E-state index < -0.39 is 5.60 Å². The molecule has 2 aromatic heterocycles. The molecule has 2 saturated heterocycles. The van der Waals surface area contributed by atoms with E-state index in [0.29, 0.717) is 50.6 Å². The summed E-state index contributed by atoms with van der Waals surface area (Å²) in [6, 6.07) is 3.61. The molecule has 2 aliphatic heterocycles. The Kier molecular flexibility index (Phi) is 4.74. The number of hydrogen-bond donors (Lipinski definition) is 1. The molecule has 0 saturated carbocycles. The van der Waals surface area contributed by atoms with Crippen LogP contribution in [-0.4, -0.2) is 57.3 Å². The third kappa shape index (κ3) is 3.91. The summed E-state index contributed by atoms with van der Waals surface area (Å²) in [5.41, 5.74) is 0.363. The van der Waals surface area contributed by atoms with E-state index in [2.05, 4.69) is 20.4 Å². The predicted molar refractivity (Wildman–Crippen MR) is 93.5 cm³/mol. The average molecular weight is 371 g/mol. The zero-order chi connectivity index (χ0) is 18.7. The standard InChI is InChI=1S/C18H21N5O4/c24-15(23-10-1-6-18(7-11-23)12-20-17(25)26-18)3-2-14-21-16(22-27-14)13-4-8-19-9-5-13/h4-5,8-9H,1-3,6-7,10-12H2,(H,20,25)/t18-/m1/s1. The lowest BCUT2D eigenvalue weighted by atomic mass is 9.95. The minimum Gasteiger partial charge on any atom is -0.441 e.